The van der Waals surface area contributed by atoms with Crippen LogP contribution in [0.15, 0.2) is 35.0 Å². The molecule has 2 aromatic rings. The predicted molar refractivity (Wildman–Crippen MR) is 70.7 cm³/mol. The van der Waals surface area contributed by atoms with E-state index in [4.69, 9.17) is 5.73 Å². The van der Waals surface area contributed by atoms with E-state index in [1.807, 2.05) is 13.0 Å². The molecule has 90 valence electrons. The molecule has 0 aliphatic rings. The standard InChI is InChI=1S/C14H16FNS/c1-10-6-12(8-13(15)7-10)14(16)3-2-11-4-5-17-9-11/h4-9,14H,2-3,16H2,1H3. The van der Waals surface area contributed by atoms with E-state index < -0.39 is 0 Å². The van der Waals surface area contributed by atoms with Gasteiger partial charge < -0.3 is 5.73 Å². The second kappa shape index (κ2) is 5.43. The van der Waals surface area contributed by atoms with Gasteiger partial charge in [-0.3, -0.25) is 0 Å². The minimum atomic E-state index is -0.203. The predicted octanol–water partition coefficient (Wildman–Crippen LogP) is 3.83. The van der Waals surface area contributed by atoms with E-state index in [2.05, 4.69) is 16.8 Å². The fraction of sp³-hybridized carbons (Fsp3) is 0.286. The first-order valence-electron chi connectivity index (χ1n) is 5.69. The Bertz CT molecular complexity index is 459. The topological polar surface area (TPSA) is 26.0 Å². The molecule has 1 heterocycles. The lowest BCUT2D eigenvalue weighted by molar-refractivity contribution is 0.608. The number of benzene rings is 1. The first kappa shape index (κ1) is 12.3. The molecule has 3 heteroatoms. The van der Waals surface area contributed by atoms with Gasteiger partial charge in [0.25, 0.3) is 0 Å². The lowest BCUT2D eigenvalue weighted by atomic mass is 9.99. The van der Waals surface area contributed by atoms with Crippen LogP contribution in [0.1, 0.15) is 29.2 Å². The van der Waals surface area contributed by atoms with Crippen molar-refractivity contribution in [3.63, 3.8) is 0 Å². The van der Waals surface area contributed by atoms with Crippen molar-refractivity contribution >= 4 is 11.3 Å². The summed E-state index contributed by atoms with van der Waals surface area (Å²) < 4.78 is 13.2. The van der Waals surface area contributed by atoms with Gasteiger partial charge in [0.05, 0.1) is 0 Å². The van der Waals surface area contributed by atoms with Crippen molar-refractivity contribution in [1.29, 1.82) is 0 Å². The zero-order valence-electron chi connectivity index (χ0n) is 9.82. The van der Waals surface area contributed by atoms with Crippen molar-refractivity contribution in [2.75, 3.05) is 0 Å². The molecule has 17 heavy (non-hydrogen) atoms. The molecule has 0 aliphatic carbocycles. The minimum Gasteiger partial charge on any atom is -0.324 e. The molecule has 0 fully saturated rings. The Morgan fingerprint density at radius 1 is 1.35 bits per heavy atom. The summed E-state index contributed by atoms with van der Waals surface area (Å²) in [5, 5.41) is 4.19. The Labute approximate surface area is 105 Å². The average Bonchev–Trinajstić information content (AvgIpc) is 2.77. The summed E-state index contributed by atoms with van der Waals surface area (Å²) in [4.78, 5) is 0. The molecule has 2 N–H and O–H groups in total. The maximum Gasteiger partial charge on any atom is 0.123 e. The molecule has 1 aromatic heterocycles. The van der Waals surface area contributed by atoms with E-state index in [-0.39, 0.29) is 11.9 Å². The van der Waals surface area contributed by atoms with Crippen LogP contribution in [-0.2, 0) is 6.42 Å². The number of rotatable bonds is 4. The molecule has 1 nitrogen and oxygen atoms in total. The van der Waals surface area contributed by atoms with Crippen molar-refractivity contribution in [1.82, 2.24) is 0 Å². The highest BCUT2D eigenvalue weighted by Gasteiger charge is 2.08. The van der Waals surface area contributed by atoms with E-state index in [0.29, 0.717) is 0 Å². The van der Waals surface area contributed by atoms with E-state index in [0.717, 1.165) is 24.0 Å². The zero-order valence-corrected chi connectivity index (χ0v) is 10.6. The molecule has 1 aromatic carbocycles. The number of hydrogen-bond donors (Lipinski definition) is 1. The van der Waals surface area contributed by atoms with E-state index in [9.17, 15) is 4.39 Å². The van der Waals surface area contributed by atoms with Gasteiger partial charge in [0.15, 0.2) is 0 Å². The normalized spacial score (nSPS) is 12.6. The average molecular weight is 249 g/mol. The lowest BCUT2D eigenvalue weighted by Crippen LogP contribution is -2.11. The Morgan fingerprint density at radius 2 is 2.18 bits per heavy atom. The summed E-state index contributed by atoms with van der Waals surface area (Å²) >= 11 is 1.69. The third-order valence-corrected chi connectivity index (χ3v) is 3.55. The monoisotopic (exact) mass is 249 g/mol. The molecule has 0 spiro atoms. The fourth-order valence-corrected chi connectivity index (χ4v) is 2.61. The van der Waals surface area contributed by atoms with Gasteiger partial charge in [-0.15, -0.1) is 0 Å². The summed E-state index contributed by atoms with van der Waals surface area (Å²) in [6, 6.07) is 7.03. The Kier molecular flexibility index (Phi) is 3.92. The summed E-state index contributed by atoms with van der Waals surface area (Å²) in [7, 11) is 0. The van der Waals surface area contributed by atoms with Gasteiger partial charge in [0, 0.05) is 6.04 Å². The number of aryl methyl sites for hydroxylation is 2. The first-order chi connectivity index (χ1) is 8.15. The smallest absolute Gasteiger partial charge is 0.123 e. The molecule has 2 rings (SSSR count). The van der Waals surface area contributed by atoms with Crippen LogP contribution in [0.3, 0.4) is 0 Å². The van der Waals surface area contributed by atoms with Crippen LogP contribution in [-0.4, -0.2) is 0 Å². The van der Waals surface area contributed by atoms with Crippen molar-refractivity contribution in [3.05, 3.63) is 57.5 Å². The van der Waals surface area contributed by atoms with Crippen LogP contribution in [0.4, 0.5) is 4.39 Å². The molecule has 1 atom stereocenters. The first-order valence-corrected chi connectivity index (χ1v) is 6.63. The highest BCUT2D eigenvalue weighted by Crippen LogP contribution is 2.20. The Morgan fingerprint density at radius 3 is 2.82 bits per heavy atom. The van der Waals surface area contributed by atoms with Crippen molar-refractivity contribution < 1.29 is 4.39 Å². The molecule has 0 bridgehead atoms. The number of hydrogen-bond acceptors (Lipinski definition) is 2. The zero-order chi connectivity index (χ0) is 12.3. The number of thiophene rings is 1. The van der Waals surface area contributed by atoms with Gasteiger partial charge in [0.2, 0.25) is 0 Å². The maximum atomic E-state index is 13.2. The van der Waals surface area contributed by atoms with Crippen molar-refractivity contribution in [3.8, 4) is 0 Å². The van der Waals surface area contributed by atoms with Crippen LogP contribution < -0.4 is 5.73 Å². The lowest BCUT2D eigenvalue weighted by Gasteiger charge is -2.12. The summed E-state index contributed by atoms with van der Waals surface area (Å²) in [5.41, 5.74) is 9.20. The SMILES string of the molecule is Cc1cc(F)cc(C(N)CCc2ccsc2)c1. The quantitative estimate of drug-likeness (QED) is 0.875. The van der Waals surface area contributed by atoms with Gasteiger partial charge in [-0.05, 0) is 65.4 Å². The molecule has 0 amide bonds. The minimum absolute atomic E-state index is 0.0932. The van der Waals surface area contributed by atoms with Crippen LogP contribution in [0, 0.1) is 12.7 Å². The molecule has 0 radical (unpaired) electrons. The van der Waals surface area contributed by atoms with Gasteiger partial charge in [-0.2, -0.15) is 11.3 Å². The van der Waals surface area contributed by atoms with Crippen molar-refractivity contribution in [2.24, 2.45) is 5.73 Å². The van der Waals surface area contributed by atoms with Crippen LogP contribution in [0.5, 0.6) is 0 Å². The van der Waals surface area contributed by atoms with Crippen LogP contribution in [0.2, 0.25) is 0 Å². The second-order valence-corrected chi connectivity index (χ2v) is 5.12. The van der Waals surface area contributed by atoms with Gasteiger partial charge >= 0.3 is 0 Å². The van der Waals surface area contributed by atoms with Gasteiger partial charge in [-0.1, -0.05) is 6.07 Å². The summed E-state index contributed by atoms with van der Waals surface area (Å²) in [5.74, 6) is -0.203. The second-order valence-electron chi connectivity index (χ2n) is 4.34. The molecule has 0 saturated carbocycles. The highest BCUT2D eigenvalue weighted by molar-refractivity contribution is 7.07. The van der Waals surface area contributed by atoms with Crippen LogP contribution >= 0.6 is 11.3 Å². The third kappa shape index (κ3) is 3.38. The highest BCUT2D eigenvalue weighted by atomic mass is 32.1. The Balaban J connectivity index is 2.01. The van der Waals surface area contributed by atoms with E-state index in [1.54, 1.807) is 11.3 Å². The maximum absolute atomic E-state index is 13.2. The Hall–Kier alpha value is -1.19. The van der Waals surface area contributed by atoms with Crippen molar-refractivity contribution in [2.45, 2.75) is 25.8 Å². The number of nitrogens with two attached hydrogens (primary N) is 1. The van der Waals surface area contributed by atoms with Gasteiger partial charge in [0.1, 0.15) is 5.82 Å². The number of halogens is 1. The van der Waals surface area contributed by atoms with Gasteiger partial charge in [-0.25, -0.2) is 4.39 Å². The molecule has 0 saturated heterocycles. The summed E-state index contributed by atoms with van der Waals surface area (Å²) in [6.45, 7) is 1.89. The molecular weight excluding hydrogens is 233 g/mol. The van der Waals surface area contributed by atoms with Crippen LogP contribution in [0.25, 0.3) is 0 Å². The molecular formula is C14H16FNS. The third-order valence-electron chi connectivity index (χ3n) is 2.82. The van der Waals surface area contributed by atoms with E-state index in [1.165, 1.54) is 17.7 Å². The largest absolute Gasteiger partial charge is 0.324 e. The van der Waals surface area contributed by atoms with E-state index >= 15 is 0 Å². The summed E-state index contributed by atoms with van der Waals surface area (Å²) in [6.07, 6.45) is 1.79. The fourth-order valence-electron chi connectivity index (χ4n) is 1.90. The molecule has 0 aliphatic heterocycles. The molecule has 1 unspecified atom stereocenters.